The molecule has 0 aromatic heterocycles. The van der Waals surface area contributed by atoms with Crippen LogP contribution in [0.2, 0.25) is 0 Å². The Labute approximate surface area is 531 Å². The normalized spacial score (nSPS) is 29.0. The number of carbonyl (C=O) groups is 1. The van der Waals surface area contributed by atoms with Gasteiger partial charge in [-0.05, 0) is 89.9 Å². The number of allylic oxidation sites excluding steroid dienone is 19. The number of ether oxygens (including phenoxy) is 6. The molecule has 3 fully saturated rings. The number of rotatable bonds is 48. The third kappa shape index (κ3) is 33.0. The lowest BCUT2D eigenvalue weighted by atomic mass is 9.96. The molecule has 17 atom stereocenters. The van der Waals surface area contributed by atoms with E-state index in [4.69, 9.17) is 28.4 Å². The minimum Gasteiger partial charge on any atom is -0.394 e. The second-order valence-electron chi connectivity index (χ2n) is 23.2. The van der Waals surface area contributed by atoms with Crippen molar-refractivity contribution in [1.29, 1.82) is 0 Å². The van der Waals surface area contributed by atoms with Crippen molar-refractivity contribution in [2.45, 2.75) is 285 Å². The predicted octanol–water partition coefficient (Wildman–Crippen LogP) is 8.04. The number of aliphatic hydroxyl groups is 11. The Hall–Kier alpha value is -3.81. The van der Waals surface area contributed by atoms with E-state index in [9.17, 15) is 61.0 Å². The largest absolute Gasteiger partial charge is 0.394 e. The Morgan fingerprint density at radius 3 is 1.21 bits per heavy atom. The SMILES string of the molecule is CC/C=C\C/C=C\C/C=C\C/C=C\C/C=C\C/C=C\C/C=C\C/C=C\C/C=C\CCCCCC(=O)NC(COC1OC(CO)C(OC2OC(CO)C(OC3OC(CO)C(O)C(O)C3O)C(O)C2O)C(O)C1O)C(O)/C=C/CCCCCCCCCCCCC. The summed E-state index contributed by atoms with van der Waals surface area (Å²) in [5.41, 5.74) is 0. The molecule has 0 aliphatic carbocycles. The standard InChI is InChI=1S/C70H115NO18/c1-3-5-7-9-11-13-15-17-18-19-20-21-22-23-24-25-26-27-28-29-30-31-32-33-34-36-38-40-42-44-46-48-58(76)71-53(54(75)47-45-43-41-39-37-35-16-14-12-10-8-6-4-2)52-84-68-64(82)61(79)66(56(50-73)86-68)89-70-65(83)62(80)67(57(51-74)87-70)88-69-63(81)60(78)59(77)55(49-72)85-69/h5,7,11,13,17-18,20-21,23-24,26-27,29-30,32-33,36,38,45,47,53-57,59-70,72-75,77-83H,3-4,6,8-10,12,14-16,19,22,25,28,31,34-35,37,39-44,46,48-52H2,1-2H3,(H,71,76)/b7-5-,13-11-,18-17-,21-20-,24-23-,27-26-,30-29-,33-32-,38-36-,47-45+. The van der Waals surface area contributed by atoms with Gasteiger partial charge >= 0.3 is 0 Å². The number of amides is 1. The molecule has 3 heterocycles. The van der Waals surface area contributed by atoms with Crippen LogP contribution in [0.1, 0.15) is 181 Å². The summed E-state index contributed by atoms with van der Waals surface area (Å²) in [6.07, 6.45) is 41.8. The smallest absolute Gasteiger partial charge is 0.220 e. The average Bonchev–Trinajstić information content (AvgIpc) is 1.92. The third-order valence-electron chi connectivity index (χ3n) is 15.8. The average molecular weight is 1260 g/mol. The van der Waals surface area contributed by atoms with Crippen molar-refractivity contribution in [3.8, 4) is 0 Å². The van der Waals surface area contributed by atoms with E-state index >= 15 is 0 Å². The van der Waals surface area contributed by atoms with Crippen LogP contribution >= 0.6 is 0 Å². The van der Waals surface area contributed by atoms with Crippen molar-refractivity contribution in [1.82, 2.24) is 5.32 Å². The highest BCUT2D eigenvalue weighted by Gasteiger charge is 2.53. The van der Waals surface area contributed by atoms with Crippen LogP contribution in [0.5, 0.6) is 0 Å². The van der Waals surface area contributed by atoms with E-state index in [1.165, 1.54) is 51.4 Å². The number of unbranched alkanes of at least 4 members (excludes halogenated alkanes) is 14. The number of carbonyl (C=O) groups excluding carboxylic acids is 1. The molecular weight excluding hydrogens is 1140 g/mol. The van der Waals surface area contributed by atoms with Crippen LogP contribution in [0.15, 0.2) is 122 Å². The van der Waals surface area contributed by atoms with Gasteiger partial charge in [0.05, 0.1) is 38.6 Å². The van der Waals surface area contributed by atoms with E-state index in [1.807, 2.05) is 6.08 Å². The van der Waals surface area contributed by atoms with Crippen LogP contribution in [0.3, 0.4) is 0 Å². The van der Waals surface area contributed by atoms with E-state index in [0.717, 1.165) is 103 Å². The summed E-state index contributed by atoms with van der Waals surface area (Å²) in [4.78, 5) is 13.4. The number of aliphatic hydroxyl groups excluding tert-OH is 11. The van der Waals surface area contributed by atoms with Gasteiger partial charge in [-0.25, -0.2) is 0 Å². The third-order valence-corrected chi connectivity index (χ3v) is 15.8. The number of hydrogen-bond donors (Lipinski definition) is 12. The van der Waals surface area contributed by atoms with E-state index < -0.39 is 124 Å². The van der Waals surface area contributed by atoms with Gasteiger partial charge in [0.25, 0.3) is 0 Å². The summed E-state index contributed by atoms with van der Waals surface area (Å²) in [6.45, 7) is 1.55. The topological polar surface area (TPSA) is 307 Å². The zero-order valence-electron chi connectivity index (χ0n) is 53.4. The van der Waals surface area contributed by atoms with Crippen molar-refractivity contribution >= 4 is 5.91 Å². The lowest BCUT2D eigenvalue weighted by Gasteiger charge is -2.48. The van der Waals surface area contributed by atoms with E-state index in [-0.39, 0.29) is 18.9 Å². The van der Waals surface area contributed by atoms with Gasteiger partial charge in [-0.1, -0.05) is 206 Å². The fraction of sp³-hybridized carbons (Fsp3) is 0.700. The molecule has 17 unspecified atom stereocenters. The monoisotopic (exact) mass is 1260 g/mol. The zero-order valence-corrected chi connectivity index (χ0v) is 53.4. The molecule has 0 aromatic rings. The van der Waals surface area contributed by atoms with Crippen LogP contribution in [0.4, 0.5) is 0 Å². The molecule has 0 bridgehead atoms. The fourth-order valence-electron chi connectivity index (χ4n) is 10.4. The molecule has 89 heavy (non-hydrogen) atoms. The van der Waals surface area contributed by atoms with E-state index in [0.29, 0.717) is 6.42 Å². The summed E-state index contributed by atoms with van der Waals surface area (Å²) < 4.78 is 34.2. The Morgan fingerprint density at radius 1 is 0.416 bits per heavy atom. The van der Waals surface area contributed by atoms with Crippen molar-refractivity contribution in [2.75, 3.05) is 26.4 Å². The van der Waals surface area contributed by atoms with Crippen molar-refractivity contribution in [2.24, 2.45) is 0 Å². The molecule has 0 spiro atoms. The minimum absolute atomic E-state index is 0.195. The van der Waals surface area contributed by atoms with Gasteiger partial charge in [0, 0.05) is 6.42 Å². The van der Waals surface area contributed by atoms with Gasteiger partial charge in [0.2, 0.25) is 5.91 Å². The lowest BCUT2D eigenvalue weighted by molar-refractivity contribution is -0.379. The molecule has 12 N–H and O–H groups in total. The van der Waals surface area contributed by atoms with Gasteiger partial charge in [-0.15, -0.1) is 0 Å². The molecule has 508 valence electrons. The van der Waals surface area contributed by atoms with E-state index in [2.05, 4.69) is 129 Å². The first-order valence-electron chi connectivity index (χ1n) is 33.3. The Balaban J connectivity index is 1.43. The number of hydrogen-bond acceptors (Lipinski definition) is 18. The summed E-state index contributed by atoms with van der Waals surface area (Å²) in [5, 5.41) is 120. The maximum atomic E-state index is 13.4. The lowest BCUT2D eigenvalue weighted by Crippen LogP contribution is -2.66. The molecule has 3 rings (SSSR count). The Bertz CT molecular complexity index is 2090. The Morgan fingerprint density at radius 2 is 0.775 bits per heavy atom. The summed E-state index contributed by atoms with van der Waals surface area (Å²) >= 11 is 0. The molecule has 0 radical (unpaired) electrons. The van der Waals surface area contributed by atoms with Crippen LogP contribution < -0.4 is 5.32 Å². The van der Waals surface area contributed by atoms with Gasteiger partial charge in [0.15, 0.2) is 18.9 Å². The Kier molecular flexibility index (Phi) is 45.3. The summed E-state index contributed by atoms with van der Waals surface area (Å²) in [6, 6.07) is -1.000. The molecule has 3 aliphatic heterocycles. The predicted molar refractivity (Wildman–Crippen MR) is 346 cm³/mol. The molecule has 3 aliphatic rings. The van der Waals surface area contributed by atoms with Crippen LogP contribution in [0, 0.1) is 0 Å². The zero-order chi connectivity index (χ0) is 64.7. The highest BCUT2D eigenvalue weighted by molar-refractivity contribution is 5.76. The first-order valence-corrected chi connectivity index (χ1v) is 33.3. The van der Waals surface area contributed by atoms with Crippen molar-refractivity contribution in [3.63, 3.8) is 0 Å². The van der Waals surface area contributed by atoms with Gasteiger partial charge < -0.3 is 89.9 Å². The molecule has 0 aromatic carbocycles. The van der Waals surface area contributed by atoms with Crippen LogP contribution in [0.25, 0.3) is 0 Å². The van der Waals surface area contributed by atoms with Crippen molar-refractivity contribution < 1.29 is 89.4 Å². The molecule has 19 nitrogen and oxygen atoms in total. The maximum absolute atomic E-state index is 13.4. The highest BCUT2D eigenvalue weighted by Crippen LogP contribution is 2.33. The number of nitrogens with one attached hydrogen (secondary N) is 1. The molecular formula is C70H115NO18. The molecule has 3 saturated heterocycles. The second kappa shape index (κ2) is 50.7. The van der Waals surface area contributed by atoms with Crippen LogP contribution in [-0.2, 0) is 33.2 Å². The van der Waals surface area contributed by atoms with Gasteiger partial charge in [-0.3, -0.25) is 4.79 Å². The molecule has 19 heteroatoms. The minimum atomic E-state index is -1.99. The summed E-state index contributed by atoms with van der Waals surface area (Å²) in [7, 11) is 0. The first-order chi connectivity index (χ1) is 43.3. The molecule has 0 saturated carbocycles. The maximum Gasteiger partial charge on any atom is 0.220 e. The second-order valence-corrected chi connectivity index (χ2v) is 23.2. The summed E-state index contributed by atoms with van der Waals surface area (Å²) in [5.74, 6) is -0.314. The van der Waals surface area contributed by atoms with Crippen LogP contribution in [-0.4, -0.2) is 193 Å². The van der Waals surface area contributed by atoms with E-state index in [1.54, 1.807) is 6.08 Å². The fourth-order valence-corrected chi connectivity index (χ4v) is 10.4. The molecule has 1 amide bonds. The highest BCUT2D eigenvalue weighted by atomic mass is 16.8. The van der Waals surface area contributed by atoms with Crippen molar-refractivity contribution in [3.05, 3.63) is 122 Å². The van der Waals surface area contributed by atoms with Gasteiger partial charge in [0.1, 0.15) is 73.2 Å². The quantitative estimate of drug-likeness (QED) is 0.0203. The van der Waals surface area contributed by atoms with Gasteiger partial charge in [-0.2, -0.15) is 0 Å². The first kappa shape index (κ1) is 79.4.